The lowest BCUT2D eigenvalue weighted by atomic mass is 10.5. The summed E-state index contributed by atoms with van der Waals surface area (Å²) in [4.78, 5) is 7.93. The van der Waals surface area contributed by atoms with Crippen LogP contribution in [-0.2, 0) is 10.0 Å². The Balaban J connectivity index is 2.49. The topological polar surface area (TPSA) is 101 Å². The van der Waals surface area contributed by atoms with Crippen molar-refractivity contribution in [2.75, 3.05) is 31.7 Å². The summed E-state index contributed by atoms with van der Waals surface area (Å²) in [5.41, 5.74) is 5.60. The zero-order valence-corrected chi connectivity index (χ0v) is 11.2. The molecule has 0 unspecified atom stereocenters. The monoisotopic (exact) mass is 271 g/mol. The van der Waals surface area contributed by atoms with E-state index < -0.39 is 10.0 Å². The lowest BCUT2D eigenvalue weighted by Crippen LogP contribution is -2.28. The first kappa shape index (κ1) is 14.4. The summed E-state index contributed by atoms with van der Waals surface area (Å²) in [7, 11) is -0.278. The maximum atomic E-state index is 11.5. The summed E-state index contributed by atoms with van der Waals surface area (Å²) in [6, 6.07) is 5.32. The average Bonchev–Trinajstić information content (AvgIpc) is 2.29. The molecule has 100 valence electrons. The first-order chi connectivity index (χ1) is 8.42. The summed E-state index contributed by atoms with van der Waals surface area (Å²) in [6.45, 7) is 0.103. The van der Waals surface area contributed by atoms with Crippen LogP contribution in [0.25, 0.3) is 0 Å². The number of nitrogens with two attached hydrogens (primary N) is 1. The van der Waals surface area contributed by atoms with E-state index in [4.69, 9.17) is 5.73 Å². The maximum Gasteiger partial charge on any atom is 0.215 e. The third kappa shape index (κ3) is 4.68. The zero-order valence-electron chi connectivity index (χ0n) is 10.4. The number of nitrogens with one attached hydrogen (secondary N) is 1. The minimum atomic E-state index is -3.24. The van der Waals surface area contributed by atoms with Gasteiger partial charge < -0.3 is 11.1 Å². The third-order valence-corrected chi connectivity index (χ3v) is 3.92. The number of aromatic nitrogens is 1. The van der Waals surface area contributed by atoms with Crippen LogP contribution >= 0.6 is 0 Å². The fourth-order valence-electron chi connectivity index (χ4n) is 1.07. The fourth-order valence-corrected chi connectivity index (χ4v) is 1.76. The number of guanidine groups is 1. The molecule has 0 aromatic carbocycles. The molecule has 1 heterocycles. The standard InChI is InChI=1S/C10H17N5O2S/c1-15(2)18(16,17)8-7-13-10(11)14-9-5-3-4-6-12-9/h3-6H,7-8H2,1-2H3,(H3,11,12,13,14). The molecule has 18 heavy (non-hydrogen) atoms. The van der Waals surface area contributed by atoms with E-state index in [0.717, 1.165) is 4.31 Å². The molecular formula is C10H17N5O2S. The Labute approximate surface area is 107 Å². The number of nitrogens with zero attached hydrogens (tertiary/aromatic N) is 3. The molecule has 0 saturated heterocycles. The van der Waals surface area contributed by atoms with Gasteiger partial charge in [0.25, 0.3) is 0 Å². The van der Waals surface area contributed by atoms with Crippen LogP contribution in [0.2, 0.25) is 0 Å². The van der Waals surface area contributed by atoms with Gasteiger partial charge in [-0.05, 0) is 12.1 Å². The van der Waals surface area contributed by atoms with E-state index in [9.17, 15) is 8.42 Å². The van der Waals surface area contributed by atoms with E-state index in [1.807, 2.05) is 0 Å². The Kier molecular flexibility index (Phi) is 5.05. The highest BCUT2D eigenvalue weighted by molar-refractivity contribution is 7.89. The number of aliphatic imine (C=N–C) groups is 1. The van der Waals surface area contributed by atoms with Crippen LogP contribution in [0.1, 0.15) is 0 Å². The van der Waals surface area contributed by atoms with Gasteiger partial charge >= 0.3 is 0 Å². The Morgan fingerprint density at radius 3 is 2.78 bits per heavy atom. The Hall–Kier alpha value is -1.67. The third-order valence-electron chi connectivity index (χ3n) is 2.11. The molecule has 7 nitrogen and oxygen atoms in total. The van der Waals surface area contributed by atoms with Crippen molar-refractivity contribution in [3.63, 3.8) is 0 Å². The van der Waals surface area contributed by atoms with E-state index in [2.05, 4.69) is 15.3 Å². The van der Waals surface area contributed by atoms with Crippen LogP contribution in [0.5, 0.6) is 0 Å². The summed E-state index contributed by atoms with van der Waals surface area (Å²) in [6.07, 6.45) is 1.62. The predicted octanol–water partition coefficient (Wildman–Crippen LogP) is -0.300. The Morgan fingerprint density at radius 1 is 1.50 bits per heavy atom. The van der Waals surface area contributed by atoms with Gasteiger partial charge in [-0.3, -0.25) is 4.99 Å². The highest BCUT2D eigenvalue weighted by Gasteiger charge is 2.12. The summed E-state index contributed by atoms with van der Waals surface area (Å²) < 4.78 is 24.1. The SMILES string of the molecule is CN(C)S(=O)(=O)CCN=C(N)Nc1ccccn1. The molecule has 3 N–H and O–H groups in total. The van der Waals surface area contributed by atoms with Gasteiger partial charge in [0.15, 0.2) is 5.96 Å². The normalized spacial score (nSPS) is 12.7. The van der Waals surface area contributed by atoms with Crippen molar-refractivity contribution in [2.24, 2.45) is 10.7 Å². The van der Waals surface area contributed by atoms with E-state index in [0.29, 0.717) is 5.82 Å². The lowest BCUT2D eigenvalue weighted by molar-refractivity contribution is 0.521. The maximum absolute atomic E-state index is 11.5. The number of hydrogen-bond acceptors (Lipinski definition) is 4. The van der Waals surface area contributed by atoms with Gasteiger partial charge in [0, 0.05) is 20.3 Å². The molecule has 0 radical (unpaired) electrons. The van der Waals surface area contributed by atoms with E-state index >= 15 is 0 Å². The van der Waals surface area contributed by atoms with Crippen LogP contribution in [0, 0.1) is 0 Å². The molecule has 0 aliphatic rings. The van der Waals surface area contributed by atoms with E-state index in [1.54, 1.807) is 24.4 Å². The molecule has 0 spiro atoms. The molecule has 0 amide bonds. The van der Waals surface area contributed by atoms with Crippen molar-refractivity contribution >= 4 is 21.8 Å². The molecule has 1 rings (SSSR count). The number of pyridine rings is 1. The molecule has 0 aliphatic heterocycles. The number of rotatable bonds is 5. The molecule has 1 aromatic heterocycles. The predicted molar refractivity (Wildman–Crippen MR) is 71.8 cm³/mol. The Morgan fingerprint density at radius 2 is 2.22 bits per heavy atom. The van der Waals surface area contributed by atoms with Gasteiger partial charge in [0.2, 0.25) is 10.0 Å². The van der Waals surface area contributed by atoms with Gasteiger partial charge in [-0.25, -0.2) is 17.7 Å². The number of anilines is 1. The smallest absolute Gasteiger partial charge is 0.215 e. The molecule has 1 aromatic rings. The molecule has 0 aliphatic carbocycles. The quantitative estimate of drug-likeness (QED) is 0.565. The van der Waals surface area contributed by atoms with E-state index in [1.165, 1.54) is 14.1 Å². The van der Waals surface area contributed by atoms with E-state index in [-0.39, 0.29) is 18.3 Å². The minimum absolute atomic E-state index is 0.0788. The minimum Gasteiger partial charge on any atom is -0.370 e. The van der Waals surface area contributed by atoms with Gasteiger partial charge in [-0.15, -0.1) is 0 Å². The second-order valence-corrected chi connectivity index (χ2v) is 6.01. The van der Waals surface area contributed by atoms with Crippen molar-refractivity contribution in [3.8, 4) is 0 Å². The highest BCUT2D eigenvalue weighted by atomic mass is 32.2. The molecule has 0 saturated carbocycles. The highest BCUT2D eigenvalue weighted by Crippen LogP contribution is 1.99. The average molecular weight is 271 g/mol. The molecule has 0 atom stereocenters. The van der Waals surface area contributed by atoms with Gasteiger partial charge in [0.1, 0.15) is 5.82 Å². The van der Waals surface area contributed by atoms with Crippen LogP contribution in [0.15, 0.2) is 29.4 Å². The van der Waals surface area contributed by atoms with Crippen LogP contribution in [0.3, 0.4) is 0 Å². The van der Waals surface area contributed by atoms with Crippen LogP contribution < -0.4 is 11.1 Å². The van der Waals surface area contributed by atoms with Gasteiger partial charge in [0.05, 0.1) is 12.3 Å². The molecular weight excluding hydrogens is 254 g/mol. The second kappa shape index (κ2) is 6.31. The van der Waals surface area contributed by atoms with Crippen molar-refractivity contribution in [1.29, 1.82) is 0 Å². The summed E-state index contributed by atoms with van der Waals surface area (Å²) in [5.74, 6) is 0.627. The molecule has 8 heteroatoms. The molecule has 0 fully saturated rings. The fraction of sp³-hybridized carbons (Fsp3) is 0.400. The van der Waals surface area contributed by atoms with Gasteiger partial charge in [-0.1, -0.05) is 6.07 Å². The second-order valence-electron chi connectivity index (χ2n) is 3.71. The number of sulfonamides is 1. The summed E-state index contributed by atoms with van der Waals surface area (Å²) >= 11 is 0. The first-order valence-electron chi connectivity index (χ1n) is 5.30. The van der Waals surface area contributed by atoms with Crippen LogP contribution in [-0.4, -0.2) is 50.1 Å². The van der Waals surface area contributed by atoms with Crippen molar-refractivity contribution in [2.45, 2.75) is 0 Å². The zero-order chi connectivity index (χ0) is 13.6. The van der Waals surface area contributed by atoms with Gasteiger partial charge in [-0.2, -0.15) is 0 Å². The first-order valence-corrected chi connectivity index (χ1v) is 6.91. The summed E-state index contributed by atoms with van der Waals surface area (Å²) in [5, 5.41) is 2.77. The lowest BCUT2D eigenvalue weighted by Gasteiger charge is -2.09. The van der Waals surface area contributed by atoms with Crippen molar-refractivity contribution < 1.29 is 8.42 Å². The van der Waals surface area contributed by atoms with Crippen molar-refractivity contribution in [1.82, 2.24) is 9.29 Å². The number of hydrogen-bond donors (Lipinski definition) is 2. The largest absolute Gasteiger partial charge is 0.370 e. The van der Waals surface area contributed by atoms with Crippen molar-refractivity contribution in [3.05, 3.63) is 24.4 Å². The Bertz CT molecular complexity index is 498. The van der Waals surface area contributed by atoms with Crippen LogP contribution in [0.4, 0.5) is 5.82 Å². The molecule has 0 bridgehead atoms.